The minimum atomic E-state index is -1.39. The summed E-state index contributed by atoms with van der Waals surface area (Å²) in [5.41, 5.74) is 21.0. The predicted molar refractivity (Wildman–Crippen MR) is 274 cm³/mol. The first kappa shape index (κ1) is 51.0. The van der Waals surface area contributed by atoms with Crippen LogP contribution >= 0.6 is 0 Å². The predicted octanol–water partition coefficient (Wildman–Crippen LogP) is 4.12. The Labute approximate surface area is 413 Å². The number of nitrogens with zero attached hydrogens (tertiary/aromatic N) is 1. The minimum Gasteiger partial charge on any atom is -0.376 e. The molecule has 71 heavy (non-hydrogen) atoms. The van der Waals surface area contributed by atoms with Gasteiger partial charge in [0, 0.05) is 42.2 Å². The highest BCUT2D eigenvalue weighted by molar-refractivity contribution is 5.94. The van der Waals surface area contributed by atoms with Crippen LogP contribution < -0.4 is 43.8 Å². The van der Waals surface area contributed by atoms with E-state index in [-0.39, 0.29) is 63.0 Å². The van der Waals surface area contributed by atoms with Crippen molar-refractivity contribution in [2.24, 2.45) is 22.2 Å². The Morgan fingerprint density at radius 2 is 1.28 bits per heavy atom. The number of aromatic nitrogens is 1. The summed E-state index contributed by atoms with van der Waals surface area (Å²) in [5.74, 6) is -2.45. The second-order valence-electron chi connectivity index (χ2n) is 18.3. The van der Waals surface area contributed by atoms with Gasteiger partial charge in [-0.25, -0.2) is 0 Å². The lowest BCUT2D eigenvalue weighted by Crippen LogP contribution is -2.66. The van der Waals surface area contributed by atoms with E-state index < -0.39 is 53.5 Å². The highest BCUT2D eigenvalue weighted by Gasteiger charge is 2.44. The molecule has 16 heteroatoms. The quantitative estimate of drug-likeness (QED) is 0.0191. The third kappa shape index (κ3) is 14.4. The summed E-state index contributed by atoms with van der Waals surface area (Å²) in [5, 5.41) is 28.5. The molecule has 0 spiro atoms. The van der Waals surface area contributed by atoms with Crippen LogP contribution in [0.3, 0.4) is 0 Å². The van der Waals surface area contributed by atoms with Crippen molar-refractivity contribution in [2.75, 3.05) is 6.54 Å². The number of nitrogens with two attached hydrogens (primary N) is 3. The van der Waals surface area contributed by atoms with E-state index in [0.29, 0.717) is 36.8 Å². The lowest BCUT2D eigenvalue weighted by atomic mass is 9.73. The summed E-state index contributed by atoms with van der Waals surface area (Å²) in [4.78, 5) is 76.5. The molecule has 1 heterocycles. The van der Waals surface area contributed by atoms with Gasteiger partial charge in [0.25, 0.3) is 0 Å². The second-order valence-corrected chi connectivity index (χ2v) is 18.3. The van der Waals surface area contributed by atoms with Crippen molar-refractivity contribution in [3.8, 4) is 0 Å². The monoisotopic (exact) mass is 961 g/mol. The number of benzene rings is 5. The lowest BCUT2D eigenvalue weighted by Gasteiger charge is -2.45. The number of para-hydroxylation sites is 1. The number of amides is 5. The smallest absolute Gasteiger partial charge is 0.248 e. The zero-order valence-corrected chi connectivity index (χ0v) is 39.7. The van der Waals surface area contributed by atoms with E-state index in [9.17, 15) is 29.1 Å². The Morgan fingerprint density at radius 1 is 0.676 bits per heavy atom. The number of aliphatic hydroxyl groups excluding tert-OH is 1. The van der Waals surface area contributed by atoms with Crippen molar-refractivity contribution in [3.63, 3.8) is 0 Å². The van der Waals surface area contributed by atoms with Crippen LogP contribution in [0.2, 0.25) is 0 Å². The lowest BCUT2D eigenvalue weighted by molar-refractivity contribution is -0.133. The molecule has 1 aliphatic carbocycles. The maximum atomic E-state index is 14.8. The number of primary amides is 1. The molecule has 370 valence electrons. The molecule has 1 aliphatic rings. The van der Waals surface area contributed by atoms with Gasteiger partial charge in [0.1, 0.15) is 18.3 Å². The van der Waals surface area contributed by atoms with E-state index in [1.54, 1.807) is 30.5 Å². The van der Waals surface area contributed by atoms with Gasteiger partial charge in [0.15, 0.2) is 5.96 Å². The van der Waals surface area contributed by atoms with Crippen molar-refractivity contribution in [1.82, 2.24) is 31.6 Å². The summed E-state index contributed by atoms with van der Waals surface area (Å²) in [6.45, 7) is 0.252. The first-order chi connectivity index (χ1) is 34.4. The van der Waals surface area contributed by atoms with Crippen LogP contribution in [0.4, 0.5) is 0 Å². The average Bonchev–Trinajstić information content (AvgIpc) is 3.79. The zero-order valence-electron chi connectivity index (χ0n) is 39.7. The highest BCUT2D eigenvalue weighted by Crippen LogP contribution is 2.39. The first-order valence-electron chi connectivity index (χ1n) is 24.1. The van der Waals surface area contributed by atoms with Gasteiger partial charge in [-0.2, -0.15) is 0 Å². The fourth-order valence-electron chi connectivity index (χ4n) is 9.33. The number of aliphatic imine (C=N–C) groups is 1. The van der Waals surface area contributed by atoms with Crippen molar-refractivity contribution in [2.45, 2.75) is 100 Å². The van der Waals surface area contributed by atoms with Crippen molar-refractivity contribution >= 4 is 46.4 Å². The van der Waals surface area contributed by atoms with Gasteiger partial charge in [-0.1, -0.05) is 121 Å². The van der Waals surface area contributed by atoms with E-state index >= 15 is 0 Å². The summed E-state index contributed by atoms with van der Waals surface area (Å²) in [6.07, 6.45) is 3.32. The van der Waals surface area contributed by atoms with Crippen LogP contribution in [0.5, 0.6) is 0 Å². The third-order valence-electron chi connectivity index (χ3n) is 13.2. The molecule has 4 atom stereocenters. The largest absolute Gasteiger partial charge is 0.376 e. The van der Waals surface area contributed by atoms with Crippen LogP contribution in [-0.2, 0) is 45.0 Å². The standard InChI is InChI=1S/C55H64N10O6/c56-49(67)41-24-22-38(23-25-41)34-61-50(68)47(33-42-35-60-44-20-11-10-19-43(42)44)63-51(69)45(21-12-30-59-54(57)58)62-52(70)46(31-36-13-4-1-5-14-36)64-53(71)55(65-48(66)32-37-15-6-2-7-16-37)28-26-40(27-29-55)39-17-8-3-9-18-39/h1-11,13-20,22-25,35,40,45-47,53,60,64,71H,12,21,26-34H2,(H2,56,67)(H,61,68)(H,62,70)(H,63,69)(H,65,66)(H4,57,58,59)/t40?,45-,46+,47-,53?,55?/m0/s1. The Morgan fingerprint density at radius 3 is 1.94 bits per heavy atom. The Bertz CT molecular complexity index is 2740. The minimum absolute atomic E-state index is 0.0863. The van der Waals surface area contributed by atoms with Crippen LogP contribution in [-0.4, -0.2) is 82.0 Å². The first-order valence-corrected chi connectivity index (χ1v) is 24.1. The van der Waals surface area contributed by atoms with Gasteiger partial charge >= 0.3 is 0 Å². The number of aliphatic hydroxyl groups is 1. The van der Waals surface area contributed by atoms with Gasteiger partial charge in [-0.15, -0.1) is 0 Å². The van der Waals surface area contributed by atoms with Gasteiger partial charge in [0.2, 0.25) is 29.5 Å². The topological polar surface area (TPSA) is 272 Å². The van der Waals surface area contributed by atoms with Gasteiger partial charge in [-0.3, -0.25) is 34.3 Å². The van der Waals surface area contributed by atoms with Crippen molar-refractivity contribution in [1.29, 1.82) is 0 Å². The molecule has 1 fully saturated rings. The molecule has 6 aromatic rings. The van der Waals surface area contributed by atoms with Crippen LogP contribution in [0.15, 0.2) is 151 Å². The van der Waals surface area contributed by atoms with E-state index in [4.69, 9.17) is 17.2 Å². The SMILES string of the molecule is NC(=O)c1ccc(CNC(=O)[C@H](Cc2c[nH]c3ccccc23)NC(=O)[C@H](CCCN=C(N)N)NC(=O)[C@@H](Cc2ccccc2)NC(O)C2(NC(=O)Cc3ccccc3)CCC(c3ccccc3)CC2)cc1. The Hall–Kier alpha value is -7.82. The van der Waals surface area contributed by atoms with E-state index in [0.717, 1.165) is 27.6 Å². The molecular weight excluding hydrogens is 897 g/mol. The van der Waals surface area contributed by atoms with Crippen molar-refractivity contribution < 1.29 is 29.1 Å². The number of rotatable bonds is 23. The van der Waals surface area contributed by atoms with E-state index in [1.165, 1.54) is 5.56 Å². The number of nitrogens with one attached hydrogen (secondary N) is 6. The molecule has 1 saturated carbocycles. The normalized spacial score (nSPS) is 17.2. The number of guanidine groups is 1. The number of carbonyl (C=O) groups is 5. The fraction of sp³-hybridized carbons (Fsp3) is 0.309. The Balaban J connectivity index is 1.14. The molecule has 0 aliphatic heterocycles. The van der Waals surface area contributed by atoms with Crippen LogP contribution in [0.25, 0.3) is 10.9 Å². The molecule has 13 N–H and O–H groups in total. The number of hydrogen-bond donors (Lipinski definition) is 10. The second kappa shape index (κ2) is 24.6. The van der Waals surface area contributed by atoms with E-state index in [1.807, 2.05) is 103 Å². The molecule has 5 aromatic carbocycles. The summed E-state index contributed by atoms with van der Waals surface area (Å²) < 4.78 is 0. The van der Waals surface area contributed by atoms with Crippen LogP contribution in [0.1, 0.15) is 82.6 Å². The molecule has 0 bridgehead atoms. The summed E-state index contributed by atoms with van der Waals surface area (Å²) in [6, 6.07) is 39.6. The molecule has 1 unspecified atom stereocenters. The zero-order chi connectivity index (χ0) is 50.2. The number of aromatic amines is 1. The third-order valence-corrected chi connectivity index (χ3v) is 13.2. The molecule has 7 rings (SSSR count). The van der Waals surface area contributed by atoms with Crippen molar-refractivity contribution in [3.05, 3.63) is 179 Å². The average molecular weight is 961 g/mol. The number of fused-ring (bicyclic) bond motifs is 1. The van der Waals surface area contributed by atoms with Gasteiger partial charge < -0.3 is 48.6 Å². The maximum absolute atomic E-state index is 14.8. The Kier molecular flexibility index (Phi) is 17.7. The molecule has 16 nitrogen and oxygen atoms in total. The number of hydrogen-bond acceptors (Lipinski definition) is 8. The molecule has 0 radical (unpaired) electrons. The summed E-state index contributed by atoms with van der Waals surface area (Å²) in [7, 11) is 0. The molecule has 5 amide bonds. The number of H-pyrrole nitrogens is 1. The molecule has 1 aromatic heterocycles. The maximum Gasteiger partial charge on any atom is 0.248 e. The van der Waals surface area contributed by atoms with E-state index in [2.05, 4.69) is 48.7 Å². The highest BCUT2D eigenvalue weighted by atomic mass is 16.3. The molecular formula is C55H64N10O6. The summed E-state index contributed by atoms with van der Waals surface area (Å²) >= 11 is 0. The molecule has 0 saturated heterocycles. The van der Waals surface area contributed by atoms with Gasteiger partial charge in [-0.05, 0) is 96.9 Å². The number of carbonyl (C=O) groups excluding carboxylic acids is 5. The fourth-order valence-corrected chi connectivity index (χ4v) is 9.33. The van der Waals surface area contributed by atoms with Gasteiger partial charge in [0.05, 0.1) is 18.0 Å². The van der Waals surface area contributed by atoms with Crippen LogP contribution in [0, 0.1) is 0 Å².